The summed E-state index contributed by atoms with van der Waals surface area (Å²) in [5.74, 6) is 0. The van der Waals surface area contributed by atoms with Crippen molar-refractivity contribution >= 4 is 0 Å². The minimum absolute atomic E-state index is 0.0766. The Balaban J connectivity index is 2.32. The Hall–Kier alpha value is 1.01. The summed E-state index contributed by atoms with van der Waals surface area (Å²) in [7, 11) is 1.78. The van der Waals surface area contributed by atoms with Crippen molar-refractivity contribution in [2.45, 2.75) is 12.8 Å². The average Bonchev–Trinajstić information content (AvgIpc) is 1.91. The van der Waals surface area contributed by atoms with E-state index in [4.69, 9.17) is 0.0568 Å². The maximum atomic E-state index is 5.07. The molecule has 0 saturated carbocycles. The molecule has 0 amide bonds. The van der Waals surface area contributed by atoms with Crippen LogP contribution in [0, 0.1) is 44.9 Å². The van der Waals surface area contributed by atoms with Crippen LogP contribution in [0.4, 0.5) is 0 Å². The van der Waals surface area contributed by atoms with Crippen molar-refractivity contribution in [2.75, 3.05) is 7.11 Å². The van der Waals surface area contributed by atoms with Gasteiger partial charge in [-0.1, -0.05) is 0 Å². The van der Waals surface area contributed by atoms with Crippen LogP contribution in [0.5, 0.6) is 0 Å². The van der Waals surface area contributed by atoms with Gasteiger partial charge in [0.15, 0.2) is 0 Å². The second-order valence-electron chi connectivity index (χ2n) is 1.76. The van der Waals surface area contributed by atoms with E-state index < -0.39 is 0 Å². The van der Waals surface area contributed by atoms with E-state index in [1.165, 1.54) is 0.0410 Å². The van der Waals surface area contributed by atoms with Crippen LogP contribution in [0.2, 0.25) is 0 Å². The number of hydrogen-bond donors (Lipinski definition) is 0. The molecule has 0 fully saturated rings. The van der Waals surface area contributed by atoms with E-state index in [2.05, 4.69) is 18.2 Å². The van der Waals surface area contributed by atoms with Gasteiger partial charge in [0.05, 0.1) is 0 Å². The summed E-state index contributed by atoms with van der Waals surface area (Å²) in [5.41, 5.74) is 0. The third kappa shape index (κ3) is 3.07. The molecule has 0 heterocycles. The first kappa shape index (κ1) is 8.11. The van der Waals surface area contributed by atoms with Crippen LogP contribution in [0.3, 0.4) is 0 Å². The number of hydrogen-bond acceptors (Lipinski definition) is 1. The van der Waals surface area contributed by atoms with Gasteiger partial charge in [-0.2, -0.15) is 0 Å². The first-order valence-electron chi connectivity index (χ1n) is 2.93. The Morgan fingerprint density at radius 3 is 3.00 bits per heavy atom. The molecule has 52 valence electrons. The summed E-state index contributed by atoms with van der Waals surface area (Å²) >= 11 is 0.0766. The van der Waals surface area contributed by atoms with Crippen LogP contribution in [-0.2, 0) is 0.0568 Å². The van der Waals surface area contributed by atoms with Crippen molar-refractivity contribution in [3.63, 3.8) is 0 Å². The molecule has 0 aliphatic heterocycles. The third-order valence-electron chi connectivity index (χ3n) is 1.11. The van der Waals surface area contributed by atoms with Crippen molar-refractivity contribution in [2.24, 2.45) is 0 Å². The van der Waals surface area contributed by atoms with Crippen LogP contribution >= 0.6 is 0 Å². The zero-order valence-electron chi connectivity index (χ0n) is 5.41. The van der Waals surface area contributed by atoms with E-state index in [0.717, 1.165) is 12.8 Å². The van der Waals surface area contributed by atoms with E-state index in [9.17, 15) is 0 Å². The van der Waals surface area contributed by atoms with E-state index in [1.54, 1.807) is 7.11 Å². The standard InChI is InChI=1S/C7H10OXe/c1-8-9-7-5-3-2-4-6-7/h2-3,6H,4-5H2,1H3. The van der Waals surface area contributed by atoms with E-state index in [-0.39, 0.29) is 44.9 Å². The molecule has 1 aliphatic carbocycles. The molecule has 0 bridgehead atoms. The Labute approximate surface area is 81.8 Å². The molecular formula is C7H10OXe. The third-order valence-corrected chi connectivity index (χ3v) is 2.87. The number of rotatable bonds is 2. The first-order chi connectivity index (χ1) is 4.43. The predicted octanol–water partition coefficient (Wildman–Crippen LogP) is 1.87. The molecule has 0 saturated heterocycles. The summed E-state index contributed by atoms with van der Waals surface area (Å²) in [6, 6.07) is 0. The summed E-state index contributed by atoms with van der Waals surface area (Å²) in [6.45, 7) is 0. The first-order valence-corrected chi connectivity index (χ1v) is 4.76. The van der Waals surface area contributed by atoms with Crippen molar-refractivity contribution in [1.29, 1.82) is 0 Å². The van der Waals surface area contributed by atoms with Gasteiger partial charge in [-0.05, 0) is 0 Å². The van der Waals surface area contributed by atoms with Crippen LogP contribution in [0.15, 0.2) is 18.3 Å². The van der Waals surface area contributed by atoms with E-state index in [0.29, 0.717) is 0 Å². The molecule has 0 aromatic heterocycles. The molecular weight excluding hydrogens is 231 g/mol. The van der Waals surface area contributed by atoms with Crippen LogP contribution in [-0.4, -0.2) is 7.11 Å². The molecule has 0 unspecified atom stereocenters. The monoisotopic (exact) mass is 242 g/mol. The van der Waals surface area contributed by atoms with Gasteiger partial charge in [0.2, 0.25) is 0 Å². The van der Waals surface area contributed by atoms with Gasteiger partial charge in [0.25, 0.3) is 0 Å². The molecule has 0 aromatic rings. The molecule has 1 aliphatic rings. The second kappa shape index (κ2) is 4.77. The molecule has 0 aromatic carbocycles. The molecule has 0 N–H and O–H groups in total. The van der Waals surface area contributed by atoms with Crippen molar-refractivity contribution in [3.8, 4) is 0 Å². The van der Waals surface area contributed by atoms with Gasteiger partial charge >= 0.3 is 83.1 Å². The fourth-order valence-corrected chi connectivity index (χ4v) is 2.06. The van der Waals surface area contributed by atoms with Crippen molar-refractivity contribution in [3.05, 3.63) is 18.3 Å². The normalized spacial score (nSPS) is 18.1. The summed E-state index contributed by atoms with van der Waals surface area (Å²) in [6.07, 6.45) is 8.89. The van der Waals surface area contributed by atoms with Gasteiger partial charge in [0, 0.05) is 0 Å². The molecule has 9 heavy (non-hydrogen) atoms. The zero-order chi connectivity index (χ0) is 6.53. The fraction of sp³-hybridized carbons (Fsp3) is 0.429. The Kier molecular flexibility index (Phi) is 4.30. The zero-order valence-corrected chi connectivity index (χ0v) is 7.43. The number of allylic oxidation sites excluding steroid dienone is 4. The van der Waals surface area contributed by atoms with Gasteiger partial charge in [-0.3, -0.25) is 0 Å². The van der Waals surface area contributed by atoms with Crippen LogP contribution < -0.4 is 0 Å². The fourth-order valence-electron chi connectivity index (χ4n) is 0.717. The average molecular weight is 241 g/mol. The predicted molar refractivity (Wildman–Crippen MR) is 33.5 cm³/mol. The Morgan fingerprint density at radius 2 is 2.44 bits per heavy atom. The quantitative estimate of drug-likeness (QED) is 0.671. The van der Waals surface area contributed by atoms with Gasteiger partial charge in [-0.15, -0.1) is 0 Å². The van der Waals surface area contributed by atoms with Gasteiger partial charge in [0.1, 0.15) is 0 Å². The van der Waals surface area contributed by atoms with Gasteiger partial charge < -0.3 is 0 Å². The Bertz CT molecular complexity index is 138. The molecule has 0 atom stereocenters. The maximum absolute atomic E-state index is 5.07. The molecule has 2 heteroatoms. The molecule has 1 nitrogen and oxygen atoms in total. The van der Waals surface area contributed by atoms with E-state index in [1.807, 2.05) is 0 Å². The van der Waals surface area contributed by atoms with Crippen LogP contribution in [0.25, 0.3) is 0 Å². The Morgan fingerprint density at radius 1 is 1.56 bits per heavy atom. The summed E-state index contributed by atoms with van der Waals surface area (Å²) in [4.78, 5) is 0. The summed E-state index contributed by atoms with van der Waals surface area (Å²) < 4.78 is 6.56. The molecule has 0 spiro atoms. The molecule has 0 radical (unpaired) electrons. The SMILES string of the molecule is CO[Xe]C1=CCC=CC1. The minimum atomic E-state index is 0.0766. The van der Waals surface area contributed by atoms with E-state index >= 15 is 0 Å². The van der Waals surface area contributed by atoms with Crippen molar-refractivity contribution < 1.29 is 44.9 Å². The summed E-state index contributed by atoms with van der Waals surface area (Å²) in [5, 5.41) is 0. The van der Waals surface area contributed by atoms with Crippen LogP contribution in [0.1, 0.15) is 12.8 Å². The second-order valence-corrected chi connectivity index (χ2v) is 4.30. The molecule has 1 rings (SSSR count). The van der Waals surface area contributed by atoms with Gasteiger partial charge in [-0.25, -0.2) is 0 Å². The van der Waals surface area contributed by atoms with Crippen molar-refractivity contribution in [1.82, 2.24) is 0 Å². The topological polar surface area (TPSA) is 9.23 Å².